The van der Waals surface area contributed by atoms with E-state index in [0.717, 1.165) is 6.42 Å². The van der Waals surface area contributed by atoms with E-state index in [4.69, 9.17) is 4.74 Å². The second kappa shape index (κ2) is 8.13. The molecule has 138 valence electrons. The minimum absolute atomic E-state index is 0.0954. The van der Waals surface area contributed by atoms with Gasteiger partial charge in [-0.2, -0.15) is 4.98 Å². The molecule has 2 atom stereocenters. The van der Waals surface area contributed by atoms with Crippen LogP contribution in [-0.4, -0.2) is 49.6 Å². The van der Waals surface area contributed by atoms with Crippen LogP contribution in [0.4, 0.5) is 5.95 Å². The Kier molecular flexibility index (Phi) is 6.16. The maximum Gasteiger partial charge on any atom is 0.329 e. The fraction of sp³-hybridized carbons (Fsp3) is 0.562. The molecule has 0 spiro atoms. The van der Waals surface area contributed by atoms with Crippen LogP contribution in [0.2, 0.25) is 0 Å². The quantitative estimate of drug-likeness (QED) is 0.439. The summed E-state index contributed by atoms with van der Waals surface area (Å²) in [5.41, 5.74) is -0.580. The largest absolute Gasteiger partial charge is 0.389 e. The number of rotatable bonds is 9. The van der Waals surface area contributed by atoms with Gasteiger partial charge in [0.1, 0.15) is 0 Å². The third kappa shape index (κ3) is 4.18. The molecule has 0 saturated heterocycles. The second-order valence-corrected chi connectivity index (χ2v) is 5.97. The highest BCUT2D eigenvalue weighted by atomic mass is 16.5. The molecular formula is C16H25N5O4. The van der Waals surface area contributed by atoms with Crippen molar-refractivity contribution < 1.29 is 9.84 Å². The first-order valence-electron chi connectivity index (χ1n) is 8.21. The molecule has 25 heavy (non-hydrogen) atoms. The van der Waals surface area contributed by atoms with Crippen molar-refractivity contribution in [2.24, 2.45) is 7.05 Å². The Labute approximate surface area is 145 Å². The summed E-state index contributed by atoms with van der Waals surface area (Å²) in [4.78, 5) is 30.8. The van der Waals surface area contributed by atoms with Gasteiger partial charge in [-0.05, 0) is 13.3 Å². The lowest BCUT2D eigenvalue weighted by molar-refractivity contribution is 0.0405. The van der Waals surface area contributed by atoms with Crippen molar-refractivity contribution in [2.75, 3.05) is 18.5 Å². The zero-order valence-corrected chi connectivity index (χ0v) is 14.8. The van der Waals surface area contributed by atoms with Crippen molar-refractivity contribution >= 4 is 17.1 Å². The third-order valence-electron chi connectivity index (χ3n) is 3.93. The topological polar surface area (TPSA) is 114 Å². The van der Waals surface area contributed by atoms with Crippen molar-refractivity contribution in [3.8, 4) is 0 Å². The van der Waals surface area contributed by atoms with Gasteiger partial charge in [0.15, 0.2) is 11.2 Å². The van der Waals surface area contributed by atoms with Crippen LogP contribution in [0.25, 0.3) is 11.2 Å². The van der Waals surface area contributed by atoms with Crippen LogP contribution in [0.1, 0.15) is 20.3 Å². The number of nitrogens with zero attached hydrogens (tertiary/aromatic N) is 3. The maximum atomic E-state index is 12.3. The number of hydrogen-bond donors (Lipinski definition) is 3. The Balaban J connectivity index is 2.48. The van der Waals surface area contributed by atoms with Crippen molar-refractivity contribution in [1.82, 2.24) is 19.1 Å². The summed E-state index contributed by atoms with van der Waals surface area (Å²) >= 11 is 0. The minimum Gasteiger partial charge on any atom is -0.389 e. The molecule has 2 aromatic heterocycles. The first kappa shape index (κ1) is 18.9. The molecule has 0 unspecified atom stereocenters. The summed E-state index contributed by atoms with van der Waals surface area (Å²) in [5.74, 6) is 0.429. The molecule has 0 radical (unpaired) electrons. The lowest BCUT2D eigenvalue weighted by Gasteiger charge is -2.17. The van der Waals surface area contributed by atoms with Gasteiger partial charge < -0.3 is 19.7 Å². The summed E-state index contributed by atoms with van der Waals surface area (Å²) in [5, 5.41) is 13.4. The highest BCUT2D eigenvalue weighted by molar-refractivity contribution is 5.74. The van der Waals surface area contributed by atoms with E-state index in [1.165, 1.54) is 11.6 Å². The summed E-state index contributed by atoms with van der Waals surface area (Å²) in [6, 6.07) is 0.112. The molecule has 0 bridgehead atoms. The number of aromatic nitrogens is 4. The summed E-state index contributed by atoms with van der Waals surface area (Å²) < 4.78 is 8.12. The van der Waals surface area contributed by atoms with Crippen molar-refractivity contribution in [3.05, 3.63) is 33.5 Å². The standard InChI is InChI=1S/C16H25N5O4/c1-5-7-25-9-11(22)8-21-12-13(18-15(21)17-10(3)6-2)20(4)16(24)19-14(12)23/h5,10-11,22H,1,6-9H2,2-4H3,(H,17,18)(H,19,23,24)/t10-,11+/m1/s1. The van der Waals surface area contributed by atoms with Gasteiger partial charge in [-0.3, -0.25) is 14.3 Å². The lowest BCUT2D eigenvalue weighted by Crippen LogP contribution is -2.30. The van der Waals surface area contributed by atoms with Gasteiger partial charge in [0.05, 0.1) is 25.9 Å². The van der Waals surface area contributed by atoms with E-state index in [1.807, 2.05) is 13.8 Å². The van der Waals surface area contributed by atoms with Gasteiger partial charge in [-0.15, -0.1) is 6.58 Å². The van der Waals surface area contributed by atoms with E-state index in [2.05, 4.69) is 21.9 Å². The molecule has 9 nitrogen and oxygen atoms in total. The maximum absolute atomic E-state index is 12.3. The molecular weight excluding hydrogens is 326 g/mol. The Bertz CT molecular complexity index is 851. The lowest BCUT2D eigenvalue weighted by atomic mass is 10.3. The first-order valence-corrected chi connectivity index (χ1v) is 8.21. The molecule has 0 amide bonds. The van der Waals surface area contributed by atoms with E-state index in [1.54, 1.807) is 10.6 Å². The highest BCUT2D eigenvalue weighted by Gasteiger charge is 2.20. The average Bonchev–Trinajstić information content (AvgIpc) is 2.91. The SMILES string of the molecule is C=CCOC[C@@H](O)Cn1c(N[C@H](C)CC)nc2c1c(=O)[nH]c(=O)n2C. The van der Waals surface area contributed by atoms with Gasteiger partial charge in [0.25, 0.3) is 5.56 Å². The van der Waals surface area contributed by atoms with E-state index < -0.39 is 17.4 Å². The zero-order chi connectivity index (χ0) is 18.6. The van der Waals surface area contributed by atoms with E-state index >= 15 is 0 Å². The number of nitrogens with one attached hydrogen (secondary N) is 2. The number of aryl methyl sites for hydroxylation is 1. The van der Waals surface area contributed by atoms with Crippen LogP contribution in [0.5, 0.6) is 0 Å². The Morgan fingerprint density at radius 2 is 2.20 bits per heavy atom. The smallest absolute Gasteiger partial charge is 0.329 e. The first-order chi connectivity index (χ1) is 11.9. The van der Waals surface area contributed by atoms with Crippen molar-refractivity contribution in [2.45, 2.75) is 39.0 Å². The zero-order valence-electron chi connectivity index (χ0n) is 14.8. The van der Waals surface area contributed by atoms with Crippen LogP contribution in [-0.2, 0) is 18.3 Å². The number of imidazole rings is 1. The van der Waals surface area contributed by atoms with Crippen molar-refractivity contribution in [3.63, 3.8) is 0 Å². The molecule has 0 aromatic carbocycles. The Morgan fingerprint density at radius 1 is 1.48 bits per heavy atom. The van der Waals surface area contributed by atoms with Crippen LogP contribution < -0.4 is 16.6 Å². The number of fused-ring (bicyclic) bond motifs is 1. The monoisotopic (exact) mass is 351 g/mol. The fourth-order valence-electron chi connectivity index (χ4n) is 2.40. The highest BCUT2D eigenvalue weighted by Crippen LogP contribution is 2.17. The summed E-state index contributed by atoms with van der Waals surface area (Å²) in [6.45, 7) is 8.08. The number of aliphatic hydroxyl groups excluding tert-OH is 1. The number of aromatic amines is 1. The fourth-order valence-corrected chi connectivity index (χ4v) is 2.40. The van der Waals surface area contributed by atoms with Crippen LogP contribution in [0, 0.1) is 0 Å². The molecule has 0 aliphatic rings. The molecule has 0 saturated carbocycles. The molecule has 2 aromatic rings. The predicted octanol–water partition coefficient (Wildman–Crippen LogP) is 0.197. The molecule has 0 aliphatic heterocycles. The van der Waals surface area contributed by atoms with E-state index in [9.17, 15) is 14.7 Å². The normalized spacial score (nSPS) is 13.8. The van der Waals surface area contributed by atoms with E-state index in [0.29, 0.717) is 12.6 Å². The molecule has 0 aliphatic carbocycles. The summed E-state index contributed by atoms with van der Waals surface area (Å²) in [6.07, 6.45) is 1.60. The van der Waals surface area contributed by atoms with Gasteiger partial charge in [-0.1, -0.05) is 13.0 Å². The molecule has 2 rings (SSSR count). The van der Waals surface area contributed by atoms with Gasteiger partial charge in [0.2, 0.25) is 5.95 Å². The predicted molar refractivity (Wildman–Crippen MR) is 96.0 cm³/mol. The number of aliphatic hydroxyl groups is 1. The number of anilines is 1. The third-order valence-corrected chi connectivity index (χ3v) is 3.93. The van der Waals surface area contributed by atoms with E-state index in [-0.39, 0.29) is 30.4 Å². The molecule has 9 heteroatoms. The van der Waals surface area contributed by atoms with Gasteiger partial charge in [-0.25, -0.2) is 4.79 Å². The van der Waals surface area contributed by atoms with Crippen LogP contribution >= 0.6 is 0 Å². The van der Waals surface area contributed by atoms with Crippen molar-refractivity contribution in [1.29, 1.82) is 0 Å². The number of ether oxygens (including phenoxy) is 1. The van der Waals surface area contributed by atoms with Crippen LogP contribution in [0.3, 0.4) is 0 Å². The molecule has 2 heterocycles. The Hall–Kier alpha value is -2.39. The average molecular weight is 351 g/mol. The Morgan fingerprint density at radius 3 is 2.84 bits per heavy atom. The van der Waals surface area contributed by atoms with Gasteiger partial charge in [0, 0.05) is 13.1 Å². The molecule has 0 fully saturated rings. The second-order valence-electron chi connectivity index (χ2n) is 5.97. The summed E-state index contributed by atoms with van der Waals surface area (Å²) in [7, 11) is 1.54. The molecule has 3 N–H and O–H groups in total. The minimum atomic E-state index is -0.841. The van der Waals surface area contributed by atoms with Gasteiger partial charge >= 0.3 is 5.69 Å². The number of H-pyrrole nitrogens is 1. The number of hydrogen-bond acceptors (Lipinski definition) is 6. The van der Waals surface area contributed by atoms with Crippen LogP contribution in [0.15, 0.2) is 22.2 Å².